The normalized spacial score (nSPS) is 12.3. The molecule has 1 unspecified atom stereocenters. The molecule has 27 heavy (non-hydrogen) atoms. The van der Waals surface area contributed by atoms with Crippen LogP contribution in [0.2, 0.25) is 0 Å². The zero-order valence-corrected chi connectivity index (χ0v) is 15.4. The van der Waals surface area contributed by atoms with Crippen LogP contribution in [-0.2, 0) is 9.84 Å². The van der Waals surface area contributed by atoms with Crippen LogP contribution in [0.15, 0.2) is 94.7 Å². The maximum Gasteiger partial charge on any atom is 0.206 e. The Kier molecular flexibility index (Phi) is 6.11. The van der Waals surface area contributed by atoms with Gasteiger partial charge in [0.2, 0.25) is 9.84 Å². The summed E-state index contributed by atoms with van der Waals surface area (Å²) < 4.78 is 36.0. The molecular formula is C21H20O5S. The largest absolute Gasteiger partial charge is 0.491 e. The Labute approximate surface area is 158 Å². The van der Waals surface area contributed by atoms with Gasteiger partial charge in [-0.15, -0.1) is 0 Å². The Morgan fingerprint density at radius 1 is 0.667 bits per heavy atom. The first-order chi connectivity index (χ1) is 13.1. The van der Waals surface area contributed by atoms with Crippen molar-refractivity contribution in [1.82, 2.24) is 0 Å². The van der Waals surface area contributed by atoms with E-state index in [4.69, 9.17) is 9.47 Å². The van der Waals surface area contributed by atoms with Gasteiger partial charge in [0.15, 0.2) is 0 Å². The number of aliphatic hydroxyl groups excluding tert-OH is 1. The fourth-order valence-corrected chi connectivity index (χ4v) is 3.68. The van der Waals surface area contributed by atoms with Crippen molar-refractivity contribution in [3.8, 4) is 11.5 Å². The van der Waals surface area contributed by atoms with E-state index in [1.54, 1.807) is 54.6 Å². The summed E-state index contributed by atoms with van der Waals surface area (Å²) in [4.78, 5) is 0.432. The third-order valence-electron chi connectivity index (χ3n) is 3.82. The van der Waals surface area contributed by atoms with Crippen molar-refractivity contribution >= 4 is 9.84 Å². The van der Waals surface area contributed by atoms with E-state index in [0.29, 0.717) is 11.5 Å². The van der Waals surface area contributed by atoms with Crippen molar-refractivity contribution in [3.63, 3.8) is 0 Å². The van der Waals surface area contributed by atoms with Crippen molar-refractivity contribution in [1.29, 1.82) is 0 Å². The molecule has 0 aliphatic heterocycles. The first-order valence-corrected chi connectivity index (χ1v) is 9.93. The zero-order chi connectivity index (χ0) is 19.1. The topological polar surface area (TPSA) is 72.8 Å². The summed E-state index contributed by atoms with van der Waals surface area (Å²) in [6.07, 6.45) is -0.807. The van der Waals surface area contributed by atoms with Crippen LogP contribution < -0.4 is 9.47 Å². The highest BCUT2D eigenvalue weighted by Crippen LogP contribution is 2.23. The van der Waals surface area contributed by atoms with Crippen molar-refractivity contribution in [2.75, 3.05) is 13.2 Å². The molecule has 0 fully saturated rings. The molecule has 0 radical (unpaired) electrons. The molecule has 0 aliphatic rings. The fraction of sp³-hybridized carbons (Fsp3) is 0.143. The van der Waals surface area contributed by atoms with E-state index in [9.17, 15) is 13.5 Å². The van der Waals surface area contributed by atoms with E-state index in [2.05, 4.69) is 0 Å². The minimum absolute atomic E-state index is 0.0393. The highest BCUT2D eigenvalue weighted by Gasteiger charge is 2.17. The van der Waals surface area contributed by atoms with E-state index in [0.717, 1.165) is 0 Å². The van der Waals surface area contributed by atoms with Gasteiger partial charge in [0, 0.05) is 0 Å². The van der Waals surface area contributed by atoms with Crippen LogP contribution in [0.1, 0.15) is 0 Å². The Balaban J connectivity index is 1.55. The van der Waals surface area contributed by atoms with Crippen molar-refractivity contribution in [3.05, 3.63) is 84.9 Å². The first-order valence-electron chi connectivity index (χ1n) is 8.44. The summed E-state index contributed by atoms with van der Waals surface area (Å²) in [5, 5.41) is 9.96. The average Bonchev–Trinajstić information content (AvgIpc) is 2.72. The summed E-state index contributed by atoms with van der Waals surface area (Å²) in [6.45, 7) is 0.141. The molecule has 3 aromatic rings. The van der Waals surface area contributed by atoms with Gasteiger partial charge in [-0.3, -0.25) is 0 Å². The predicted molar refractivity (Wildman–Crippen MR) is 102 cm³/mol. The molecule has 1 atom stereocenters. The second kappa shape index (κ2) is 8.70. The molecule has 3 rings (SSSR count). The molecule has 0 saturated carbocycles. The maximum atomic E-state index is 12.5. The number of ether oxygens (including phenoxy) is 2. The number of para-hydroxylation sites is 1. The molecular weight excluding hydrogens is 364 g/mol. The molecule has 0 spiro atoms. The van der Waals surface area contributed by atoms with Crippen LogP contribution in [-0.4, -0.2) is 32.8 Å². The summed E-state index contributed by atoms with van der Waals surface area (Å²) in [7, 11) is -3.55. The number of hydrogen-bond donors (Lipinski definition) is 1. The second-order valence-corrected chi connectivity index (χ2v) is 7.83. The minimum Gasteiger partial charge on any atom is -0.491 e. The van der Waals surface area contributed by atoms with Gasteiger partial charge in [0.1, 0.15) is 30.8 Å². The van der Waals surface area contributed by atoms with Crippen LogP contribution in [0.3, 0.4) is 0 Å². The molecule has 6 heteroatoms. The Hall–Kier alpha value is -2.83. The molecule has 1 N–H and O–H groups in total. The maximum absolute atomic E-state index is 12.5. The van der Waals surface area contributed by atoms with Gasteiger partial charge >= 0.3 is 0 Å². The van der Waals surface area contributed by atoms with E-state index in [1.165, 1.54) is 12.1 Å². The molecule has 0 aliphatic carbocycles. The fourth-order valence-electron chi connectivity index (χ4n) is 2.40. The number of aliphatic hydroxyl groups is 1. The predicted octanol–water partition coefficient (Wildman–Crippen LogP) is 3.34. The molecule has 140 valence electrons. The molecule has 0 aromatic heterocycles. The quantitative estimate of drug-likeness (QED) is 0.645. The third-order valence-corrected chi connectivity index (χ3v) is 5.60. The van der Waals surface area contributed by atoms with E-state index >= 15 is 0 Å². The minimum atomic E-state index is -3.55. The third kappa shape index (κ3) is 5.09. The van der Waals surface area contributed by atoms with Gasteiger partial charge in [-0.1, -0.05) is 36.4 Å². The van der Waals surface area contributed by atoms with E-state index < -0.39 is 15.9 Å². The van der Waals surface area contributed by atoms with Crippen LogP contribution in [0.25, 0.3) is 0 Å². The molecule has 0 heterocycles. The summed E-state index contributed by atoms with van der Waals surface area (Å²) >= 11 is 0. The van der Waals surface area contributed by atoms with Crippen molar-refractivity contribution in [2.45, 2.75) is 15.9 Å². The average molecular weight is 384 g/mol. The number of benzene rings is 3. The monoisotopic (exact) mass is 384 g/mol. The molecule has 0 saturated heterocycles. The summed E-state index contributed by atoms with van der Waals surface area (Å²) in [5.41, 5.74) is 0. The smallest absolute Gasteiger partial charge is 0.206 e. The Bertz CT molecular complexity index is 939. The van der Waals surface area contributed by atoms with Crippen LogP contribution in [0.4, 0.5) is 0 Å². The zero-order valence-electron chi connectivity index (χ0n) is 14.6. The first kappa shape index (κ1) is 18.9. The highest BCUT2D eigenvalue weighted by atomic mass is 32.2. The molecule has 0 amide bonds. The van der Waals surface area contributed by atoms with Crippen molar-refractivity contribution in [2.24, 2.45) is 0 Å². The highest BCUT2D eigenvalue weighted by molar-refractivity contribution is 7.91. The van der Waals surface area contributed by atoms with E-state index in [1.807, 2.05) is 18.2 Å². The van der Waals surface area contributed by atoms with Gasteiger partial charge in [0.05, 0.1) is 9.79 Å². The molecule has 5 nitrogen and oxygen atoms in total. The van der Waals surface area contributed by atoms with Gasteiger partial charge in [-0.2, -0.15) is 0 Å². The van der Waals surface area contributed by atoms with Gasteiger partial charge in [-0.25, -0.2) is 8.42 Å². The Morgan fingerprint density at radius 2 is 1.11 bits per heavy atom. The molecule has 0 bridgehead atoms. The number of hydrogen-bond acceptors (Lipinski definition) is 5. The van der Waals surface area contributed by atoms with E-state index in [-0.39, 0.29) is 23.0 Å². The summed E-state index contributed by atoms with van der Waals surface area (Å²) in [5.74, 6) is 1.15. The standard InChI is InChI=1S/C21H20O5S/c22-17(15-25-18-7-3-1-4-8-18)16-26-19-11-13-21(14-12-19)27(23,24)20-9-5-2-6-10-20/h1-14,17,22H,15-16H2. The lowest BCUT2D eigenvalue weighted by molar-refractivity contribution is 0.0626. The number of sulfone groups is 1. The summed E-state index contributed by atoms with van der Waals surface area (Å²) in [6, 6.07) is 23.6. The SMILES string of the molecule is O=S(=O)(c1ccccc1)c1ccc(OCC(O)COc2ccccc2)cc1. The second-order valence-electron chi connectivity index (χ2n) is 5.88. The van der Waals surface area contributed by atoms with Crippen LogP contribution in [0.5, 0.6) is 11.5 Å². The Morgan fingerprint density at radius 3 is 1.67 bits per heavy atom. The van der Waals surface area contributed by atoms with Crippen LogP contribution >= 0.6 is 0 Å². The van der Waals surface area contributed by atoms with Gasteiger partial charge in [0.25, 0.3) is 0 Å². The van der Waals surface area contributed by atoms with Crippen LogP contribution in [0, 0.1) is 0 Å². The van der Waals surface area contributed by atoms with Crippen molar-refractivity contribution < 1.29 is 23.0 Å². The lowest BCUT2D eigenvalue weighted by Crippen LogP contribution is -2.25. The lowest BCUT2D eigenvalue weighted by Gasteiger charge is -2.14. The molecule has 3 aromatic carbocycles. The van der Waals surface area contributed by atoms with Gasteiger partial charge in [-0.05, 0) is 48.5 Å². The number of rotatable bonds is 8. The van der Waals surface area contributed by atoms with Gasteiger partial charge < -0.3 is 14.6 Å². The lowest BCUT2D eigenvalue weighted by atomic mass is 10.3.